The van der Waals surface area contributed by atoms with E-state index in [0.717, 1.165) is 24.4 Å². The number of hydrogen-bond acceptors (Lipinski definition) is 3. The van der Waals surface area contributed by atoms with Crippen molar-refractivity contribution in [3.05, 3.63) is 0 Å². The lowest BCUT2D eigenvalue weighted by atomic mass is 9.86. The van der Waals surface area contributed by atoms with Crippen LogP contribution >= 0.6 is 11.8 Å². The van der Waals surface area contributed by atoms with Gasteiger partial charge in [0.05, 0.1) is 0 Å². The first-order chi connectivity index (χ1) is 9.35. The van der Waals surface area contributed by atoms with E-state index in [9.17, 15) is 0 Å². The molecular formula is C15H27N3S. The maximum absolute atomic E-state index is 4.87. The summed E-state index contributed by atoms with van der Waals surface area (Å²) in [4.78, 5) is 7.41. The number of fused-ring (bicyclic) bond motifs is 1. The summed E-state index contributed by atoms with van der Waals surface area (Å²) in [6.07, 6.45) is 6.95. The summed E-state index contributed by atoms with van der Waals surface area (Å²) in [6, 6.07) is 0.726. The monoisotopic (exact) mass is 281 g/mol. The summed E-state index contributed by atoms with van der Waals surface area (Å²) in [5.41, 5.74) is 0. The molecule has 0 bridgehead atoms. The summed E-state index contributed by atoms with van der Waals surface area (Å²) >= 11 is 1.96. The number of rotatable bonds is 3. The molecule has 3 unspecified atom stereocenters. The maximum atomic E-state index is 4.87. The lowest BCUT2D eigenvalue weighted by Crippen LogP contribution is -2.46. The van der Waals surface area contributed by atoms with Crippen molar-refractivity contribution in [1.29, 1.82) is 0 Å². The van der Waals surface area contributed by atoms with Crippen molar-refractivity contribution < 1.29 is 0 Å². The number of amidine groups is 1. The second kappa shape index (κ2) is 6.49. The Morgan fingerprint density at radius 1 is 1.32 bits per heavy atom. The van der Waals surface area contributed by atoms with Crippen LogP contribution in [-0.4, -0.2) is 48.0 Å². The Morgan fingerprint density at radius 3 is 3.05 bits per heavy atom. The first kappa shape index (κ1) is 13.7. The van der Waals surface area contributed by atoms with Crippen molar-refractivity contribution in [2.75, 3.05) is 31.9 Å². The Bertz CT molecular complexity index is 331. The molecule has 4 heteroatoms. The summed E-state index contributed by atoms with van der Waals surface area (Å²) in [6.45, 7) is 7.02. The summed E-state index contributed by atoms with van der Waals surface area (Å²) in [7, 11) is 0. The van der Waals surface area contributed by atoms with Crippen LogP contribution in [0.1, 0.15) is 39.0 Å². The predicted molar refractivity (Wildman–Crippen MR) is 83.9 cm³/mol. The summed E-state index contributed by atoms with van der Waals surface area (Å²) in [5.74, 6) is 2.99. The molecule has 2 aliphatic heterocycles. The fourth-order valence-corrected chi connectivity index (χ4v) is 4.81. The van der Waals surface area contributed by atoms with Gasteiger partial charge in [0.1, 0.15) is 0 Å². The minimum Gasteiger partial charge on any atom is -0.362 e. The quantitative estimate of drug-likeness (QED) is 0.861. The molecule has 0 spiro atoms. The zero-order chi connectivity index (χ0) is 13.1. The first-order valence-electron chi connectivity index (χ1n) is 8.01. The molecule has 3 aliphatic rings. The minimum absolute atomic E-state index is 0.726. The molecular weight excluding hydrogens is 254 g/mol. The first-order valence-corrected chi connectivity index (χ1v) is 9.00. The molecule has 1 N–H and O–H groups in total. The fourth-order valence-electron chi connectivity index (χ4n) is 3.64. The third-order valence-electron chi connectivity index (χ3n) is 4.96. The second-order valence-electron chi connectivity index (χ2n) is 6.30. The molecule has 0 aromatic heterocycles. The summed E-state index contributed by atoms with van der Waals surface area (Å²) < 4.78 is 0. The molecule has 0 aromatic rings. The predicted octanol–water partition coefficient (Wildman–Crippen LogP) is 2.58. The van der Waals surface area contributed by atoms with Crippen molar-refractivity contribution >= 4 is 16.9 Å². The van der Waals surface area contributed by atoms with Crippen LogP contribution in [0, 0.1) is 11.8 Å². The second-order valence-corrected chi connectivity index (χ2v) is 7.31. The van der Waals surface area contributed by atoms with Crippen molar-refractivity contribution in [2.45, 2.75) is 45.1 Å². The van der Waals surface area contributed by atoms with Crippen molar-refractivity contribution in [1.82, 2.24) is 10.2 Å². The molecule has 2 saturated heterocycles. The van der Waals surface area contributed by atoms with E-state index < -0.39 is 0 Å². The SMILES string of the molecule is CCN1CCC(CN=C2NC3CCCCC3CS2)C1. The van der Waals surface area contributed by atoms with Gasteiger partial charge in [-0.15, -0.1) is 0 Å². The molecule has 3 fully saturated rings. The molecule has 0 radical (unpaired) electrons. The van der Waals surface area contributed by atoms with Crippen LogP contribution in [0.4, 0.5) is 0 Å². The molecule has 3 nitrogen and oxygen atoms in total. The Labute approximate surface area is 121 Å². The van der Waals surface area contributed by atoms with Gasteiger partial charge in [-0.1, -0.05) is 31.5 Å². The van der Waals surface area contributed by atoms with Crippen LogP contribution < -0.4 is 5.32 Å². The molecule has 19 heavy (non-hydrogen) atoms. The van der Waals surface area contributed by atoms with Gasteiger partial charge in [0.15, 0.2) is 5.17 Å². The number of hydrogen-bond donors (Lipinski definition) is 1. The Hall–Kier alpha value is -0.220. The van der Waals surface area contributed by atoms with Gasteiger partial charge in [0, 0.05) is 24.9 Å². The molecule has 3 rings (SSSR count). The van der Waals surface area contributed by atoms with E-state index in [1.54, 1.807) is 0 Å². The van der Waals surface area contributed by atoms with Crippen LogP contribution in [0.2, 0.25) is 0 Å². The van der Waals surface area contributed by atoms with E-state index in [0.29, 0.717) is 0 Å². The van der Waals surface area contributed by atoms with E-state index in [-0.39, 0.29) is 0 Å². The van der Waals surface area contributed by atoms with Crippen LogP contribution in [0.25, 0.3) is 0 Å². The maximum Gasteiger partial charge on any atom is 0.156 e. The highest BCUT2D eigenvalue weighted by atomic mass is 32.2. The highest BCUT2D eigenvalue weighted by Crippen LogP contribution is 2.31. The Morgan fingerprint density at radius 2 is 2.21 bits per heavy atom. The van der Waals surface area contributed by atoms with Gasteiger partial charge in [-0.05, 0) is 44.2 Å². The Balaban J connectivity index is 1.48. The highest BCUT2D eigenvalue weighted by molar-refractivity contribution is 8.13. The third-order valence-corrected chi connectivity index (χ3v) is 6.08. The van der Waals surface area contributed by atoms with Gasteiger partial charge in [0.2, 0.25) is 0 Å². The zero-order valence-corrected chi connectivity index (χ0v) is 12.9. The molecule has 1 aliphatic carbocycles. The van der Waals surface area contributed by atoms with Gasteiger partial charge in [-0.25, -0.2) is 0 Å². The van der Waals surface area contributed by atoms with Gasteiger partial charge in [0.25, 0.3) is 0 Å². The van der Waals surface area contributed by atoms with E-state index in [1.807, 2.05) is 11.8 Å². The lowest BCUT2D eigenvalue weighted by Gasteiger charge is -2.37. The van der Waals surface area contributed by atoms with Gasteiger partial charge in [-0.2, -0.15) is 0 Å². The standard InChI is InChI=1S/C15H27N3S/c1-2-18-8-7-12(10-18)9-16-15-17-14-6-4-3-5-13(14)11-19-15/h12-14H,2-11H2,1H3,(H,16,17). The molecule has 1 saturated carbocycles. The number of nitrogens with one attached hydrogen (secondary N) is 1. The van der Waals surface area contributed by atoms with E-state index >= 15 is 0 Å². The Kier molecular flexibility index (Phi) is 4.69. The topological polar surface area (TPSA) is 27.6 Å². The average Bonchev–Trinajstić information content (AvgIpc) is 2.93. The molecule has 3 atom stereocenters. The number of likely N-dealkylation sites (tertiary alicyclic amines) is 1. The number of nitrogens with zero attached hydrogens (tertiary/aromatic N) is 2. The van der Waals surface area contributed by atoms with Crippen LogP contribution in [0.3, 0.4) is 0 Å². The minimum atomic E-state index is 0.726. The van der Waals surface area contributed by atoms with Crippen molar-refractivity contribution in [3.8, 4) is 0 Å². The highest BCUT2D eigenvalue weighted by Gasteiger charge is 2.30. The van der Waals surface area contributed by atoms with Crippen molar-refractivity contribution in [3.63, 3.8) is 0 Å². The van der Waals surface area contributed by atoms with Crippen LogP contribution in [0.15, 0.2) is 4.99 Å². The van der Waals surface area contributed by atoms with Crippen molar-refractivity contribution in [2.24, 2.45) is 16.8 Å². The largest absolute Gasteiger partial charge is 0.362 e. The molecule has 0 amide bonds. The fraction of sp³-hybridized carbons (Fsp3) is 0.933. The van der Waals surface area contributed by atoms with E-state index in [1.165, 1.54) is 62.7 Å². The average molecular weight is 281 g/mol. The molecule has 108 valence electrons. The number of thioether (sulfide) groups is 1. The van der Waals surface area contributed by atoms with Gasteiger partial charge in [-0.3, -0.25) is 4.99 Å². The number of aliphatic imine (C=N–C) groups is 1. The van der Waals surface area contributed by atoms with Crippen LogP contribution in [-0.2, 0) is 0 Å². The smallest absolute Gasteiger partial charge is 0.156 e. The van der Waals surface area contributed by atoms with Gasteiger partial charge < -0.3 is 10.2 Å². The zero-order valence-electron chi connectivity index (χ0n) is 12.1. The molecule has 0 aromatic carbocycles. The lowest BCUT2D eigenvalue weighted by molar-refractivity contribution is 0.310. The summed E-state index contributed by atoms with van der Waals surface area (Å²) in [5, 5.41) is 4.94. The third kappa shape index (κ3) is 3.46. The van der Waals surface area contributed by atoms with E-state index in [2.05, 4.69) is 17.1 Å². The normalized spacial score (nSPS) is 38.2. The van der Waals surface area contributed by atoms with Crippen LogP contribution in [0.5, 0.6) is 0 Å². The molecule has 2 heterocycles. The van der Waals surface area contributed by atoms with Gasteiger partial charge >= 0.3 is 0 Å². The van der Waals surface area contributed by atoms with E-state index in [4.69, 9.17) is 4.99 Å².